The summed E-state index contributed by atoms with van der Waals surface area (Å²) in [7, 11) is 3.21. The molecule has 2 atom stereocenters. The summed E-state index contributed by atoms with van der Waals surface area (Å²) in [5, 5.41) is 2.89. The molecule has 1 N–H and O–H groups in total. The van der Waals surface area contributed by atoms with Gasteiger partial charge in [-0.1, -0.05) is 13.3 Å². The van der Waals surface area contributed by atoms with Crippen LogP contribution in [0.4, 0.5) is 13.2 Å². The quantitative estimate of drug-likeness (QED) is 0.722. The van der Waals surface area contributed by atoms with Crippen molar-refractivity contribution < 1.29 is 17.9 Å². The van der Waals surface area contributed by atoms with Gasteiger partial charge in [0.25, 0.3) is 0 Å². The van der Waals surface area contributed by atoms with Crippen molar-refractivity contribution in [3.05, 3.63) is 0 Å². The molecule has 0 aromatic carbocycles. The van der Waals surface area contributed by atoms with Crippen LogP contribution >= 0.6 is 0 Å². The van der Waals surface area contributed by atoms with E-state index in [1.807, 2.05) is 6.92 Å². The van der Waals surface area contributed by atoms with Crippen molar-refractivity contribution in [3.63, 3.8) is 0 Å². The summed E-state index contributed by atoms with van der Waals surface area (Å²) in [6.07, 6.45) is -3.23. The SMILES string of the molecule is CCCC(OC)C(CCC(F)(F)F)NC. The zero-order valence-electron chi connectivity index (χ0n) is 9.53. The van der Waals surface area contributed by atoms with Crippen LogP contribution in [0.2, 0.25) is 0 Å². The number of alkyl halides is 3. The van der Waals surface area contributed by atoms with Crippen LogP contribution < -0.4 is 5.32 Å². The lowest BCUT2D eigenvalue weighted by molar-refractivity contribution is -0.138. The van der Waals surface area contributed by atoms with Crippen LogP contribution in [0.1, 0.15) is 32.6 Å². The summed E-state index contributed by atoms with van der Waals surface area (Å²) in [4.78, 5) is 0. The van der Waals surface area contributed by atoms with Gasteiger partial charge in [0.15, 0.2) is 0 Å². The molecule has 0 aliphatic heterocycles. The molecule has 0 spiro atoms. The van der Waals surface area contributed by atoms with E-state index in [2.05, 4.69) is 5.32 Å². The first-order valence-corrected chi connectivity index (χ1v) is 5.21. The van der Waals surface area contributed by atoms with Gasteiger partial charge in [0.2, 0.25) is 0 Å². The van der Waals surface area contributed by atoms with Crippen LogP contribution in [0.3, 0.4) is 0 Å². The summed E-state index contributed by atoms with van der Waals surface area (Å²) >= 11 is 0. The second kappa shape index (κ2) is 7.06. The fourth-order valence-electron chi connectivity index (χ4n) is 1.60. The third kappa shape index (κ3) is 6.73. The van der Waals surface area contributed by atoms with Gasteiger partial charge in [-0.2, -0.15) is 13.2 Å². The first-order chi connectivity index (χ1) is 6.94. The van der Waals surface area contributed by atoms with Crippen molar-refractivity contribution in [1.82, 2.24) is 5.32 Å². The zero-order chi connectivity index (χ0) is 11.9. The lowest BCUT2D eigenvalue weighted by atomic mass is 10.0. The van der Waals surface area contributed by atoms with Gasteiger partial charge in [-0.15, -0.1) is 0 Å². The van der Waals surface area contributed by atoms with Crippen molar-refractivity contribution in [3.8, 4) is 0 Å². The van der Waals surface area contributed by atoms with E-state index in [1.54, 1.807) is 7.05 Å². The minimum absolute atomic E-state index is 0.0680. The van der Waals surface area contributed by atoms with Crippen molar-refractivity contribution in [2.75, 3.05) is 14.2 Å². The fraction of sp³-hybridized carbons (Fsp3) is 1.00. The predicted molar refractivity (Wildman–Crippen MR) is 53.8 cm³/mol. The molecule has 0 saturated heterocycles. The van der Waals surface area contributed by atoms with E-state index in [-0.39, 0.29) is 18.6 Å². The molecule has 0 radical (unpaired) electrons. The highest BCUT2D eigenvalue weighted by molar-refractivity contribution is 4.76. The monoisotopic (exact) mass is 227 g/mol. The summed E-state index contributed by atoms with van der Waals surface area (Å²) in [6, 6.07) is -0.225. The molecule has 0 rings (SSSR count). The molecule has 0 amide bonds. The number of nitrogens with one attached hydrogen (secondary N) is 1. The van der Waals surface area contributed by atoms with Crippen molar-refractivity contribution in [1.29, 1.82) is 0 Å². The van der Waals surface area contributed by atoms with E-state index in [0.29, 0.717) is 0 Å². The molecule has 0 aromatic heterocycles. The number of rotatable bonds is 7. The van der Waals surface area contributed by atoms with Crippen molar-refractivity contribution >= 4 is 0 Å². The normalized spacial score (nSPS) is 16.4. The molecule has 0 aliphatic carbocycles. The highest BCUT2D eigenvalue weighted by Gasteiger charge is 2.30. The lowest BCUT2D eigenvalue weighted by Gasteiger charge is -2.25. The largest absolute Gasteiger partial charge is 0.389 e. The van der Waals surface area contributed by atoms with E-state index in [0.717, 1.165) is 12.8 Å². The minimum atomic E-state index is -4.08. The zero-order valence-corrected chi connectivity index (χ0v) is 9.53. The first kappa shape index (κ1) is 14.7. The van der Waals surface area contributed by atoms with Gasteiger partial charge in [-0.05, 0) is 19.9 Å². The smallest absolute Gasteiger partial charge is 0.380 e. The number of halogens is 3. The maximum atomic E-state index is 12.0. The van der Waals surface area contributed by atoms with E-state index in [1.165, 1.54) is 7.11 Å². The van der Waals surface area contributed by atoms with Crippen molar-refractivity contribution in [2.24, 2.45) is 0 Å². The molecule has 0 aromatic rings. The Morgan fingerprint density at radius 3 is 2.20 bits per heavy atom. The second-order valence-corrected chi connectivity index (χ2v) is 3.61. The molecule has 92 valence electrons. The third-order valence-electron chi connectivity index (χ3n) is 2.43. The van der Waals surface area contributed by atoms with E-state index in [9.17, 15) is 13.2 Å². The maximum absolute atomic E-state index is 12.0. The molecule has 0 aliphatic rings. The molecule has 0 bridgehead atoms. The summed E-state index contributed by atoms with van der Waals surface area (Å²) in [6.45, 7) is 1.99. The number of hydrogen-bond acceptors (Lipinski definition) is 2. The Morgan fingerprint density at radius 1 is 1.27 bits per heavy atom. The predicted octanol–water partition coefficient (Wildman–Crippen LogP) is 2.73. The third-order valence-corrected chi connectivity index (χ3v) is 2.43. The van der Waals surface area contributed by atoms with Gasteiger partial charge in [0.05, 0.1) is 6.10 Å². The summed E-state index contributed by atoms with van der Waals surface area (Å²) < 4.78 is 41.3. The molecule has 2 unspecified atom stereocenters. The standard InChI is InChI=1S/C10H20F3NO/c1-4-5-9(15-3)8(14-2)6-7-10(11,12)13/h8-9,14H,4-7H2,1-3H3. The fourth-order valence-corrected chi connectivity index (χ4v) is 1.60. The van der Waals surface area contributed by atoms with E-state index < -0.39 is 12.6 Å². The van der Waals surface area contributed by atoms with Crippen LogP contribution in [-0.2, 0) is 4.74 Å². The van der Waals surface area contributed by atoms with Gasteiger partial charge in [0.1, 0.15) is 0 Å². The Morgan fingerprint density at radius 2 is 1.87 bits per heavy atom. The van der Waals surface area contributed by atoms with Crippen LogP contribution in [0.15, 0.2) is 0 Å². The van der Waals surface area contributed by atoms with Crippen LogP contribution in [-0.4, -0.2) is 32.5 Å². The highest BCUT2D eigenvalue weighted by atomic mass is 19.4. The van der Waals surface area contributed by atoms with Crippen LogP contribution in [0.25, 0.3) is 0 Å². The topological polar surface area (TPSA) is 21.3 Å². The van der Waals surface area contributed by atoms with E-state index in [4.69, 9.17) is 4.74 Å². The molecule has 0 saturated carbocycles. The average molecular weight is 227 g/mol. The molecular weight excluding hydrogens is 207 g/mol. The summed E-state index contributed by atoms with van der Waals surface area (Å²) in [5.41, 5.74) is 0. The Labute approximate surface area is 89.2 Å². The molecule has 15 heavy (non-hydrogen) atoms. The first-order valence-electron chi connectivity index (χ1n) is 5.21. The molecule has 2 nitrogen and oxygen atoms in total. The molecular formula is C10H20F3NO. The van der Waals surface area contributed by atoms with Gasteiger partial charge in [-0.25, -0.2) is 0 Å². The minimum Gasteiger partial charge on any atom is -0.380 e. The molecule has 5 heteroatoms. The van der Waals surface area contributed by atoms with Crippen molar-refractivity contribution in [2.45, 2.75) is 50.9 Å². The Hall–Kier alpha value is -0.290. The van der Waals surface area contributed by atoms with Crippen LogP contribution in [0, 0.1) is 0 Å². The Kier molecular flexibility index (Phi) is 6.92. The summed E-state index contributed by atoms with van der Waals surface area (Å²) in [5.74, 6) is 0. The van der Waals surface area contributed by atoms with Gasteiger partial charge in [-0.3, -0.25) is 0 Å². The molecule has 0 fully saturated rings. The second-order valence-electron chi connectivity index (χ2n) is 3.61. The number of methoxy groups -OCH3 is 1. The number of likely N-dealkylation sites (N-methyl/N-ethyl adjacent to an activating group) is 1. The number of ether oxygens (including phenoxy) is 1. The Bertz CT molecular complexity index is 161. The van der Waals surface area contributed by atoms with E-state index >= 15 is 0 Å². The average Bonchev–Trinajstić information content (AvgIpc) is 2.15. The highest BCUT2D eigenvalue weighted by Crippen LogP contribution is 2.24. The van der Waals surface area contributed by atoms with Crippen LogP contribution in [0.5, 0.6) is 0 Å². The lowest BCUT2D eigenvalue weighted by Crippen LogP contribution is -2.39. The Balaban J connectivity index is 4.09. The molecule has 0 heterocycles. The van der Waals surface area contributed by atoms with Gasteiger partial charge in [0, 0.05) is 19.6 Å². The number of hydrogen-bond donors (Lipinski definition) is 1. The maximum Gasteiger partial charge on any atom is 0.389 e. The van der Waals surface area contributed by atoms with Gasteiger partial charge < -0.3 is 10.1 Å². The van der Waals surface area contributed by atoms with Gasteiger partial charge >= 0.3 is 6.18 Å².